The molecule has 0 aliphatic rings. The summed E-state index contributed by atoms with van der Waals surface area (Å²) in [6.45, 7) is 7.74. The van der Waals surface area contributed by atoms with Crippen molar-refractivity contribution in [2.24, 2.45) is 5.10 Å². The quantitative estimate of drug-likeness (QED) is 0.652. The highest BCUT2D eigenvalue weighted by Gasteiger charge is 2.06. The highest BCUT2D eigenvalue weighted by molar-refractivity contribution is 7.09. The fourth-order valence-electron chi connectivity index (χ4n) is 1.95. The first-order valence-electron chi connectivity index (χ1n) is 7.45. The lowest BCUT2D eigenvalue weighted by molar-refractivity contribution is -0.120. The van der Waals surface area contributed by atoms with Crippen molar-refractivity contribution in [1.29, 1.82) is 0 Å². The number of benzene rings is 1. The Bertz CT molecular complexity index is 690. The maximum atomic E-state index is 11.9. The van der Waals surface area contributed by atoms with E-state index in [0.29, 0.717) is 0 Å². The molecule has 1 heterocycles. The molecule has 23 heavy (non-hydrogen) atoms. The second kappa shape index (κ2) is 7.87. The van der Waals surface area contributed by atoms with E-state index in [-0.39, 0.29) is 18.4 Å². The Morgan fingerprint density at radius 2 is 2.04 bits per heavy atom. The molecule has 1 N–H and O–H groups in total. The predicted octanol–water partition coefficient (Wildman–Crippen LogP) is 3.32. The van der Waals surface area contributed by atoms with E-state index in [1.165, 1.54) is 11.3 Å². The van der Waals surface area contributed by atoms with E-state index in [4.69, 9.17) is 4.74 Å². The van der Waals surface area contributed by atoms with E-state index in [0.717, 1.165) is 27.7 Å². The number of rotatable bonds is 6. The van der Waals surface area contributed by atoms with Crippen LogP contribution in [0.1, 0.15) is 37.0 Å². The maximum Gasteiger partial charge on any atom is 0.246 e. The molecule has 0 atom stereocenters. The zero-order chi connectivity index (χ0) is 16.8. The zero-order valence-corrected chi connectivity index (χ0v) is 14.6. The molecule has 0 aliphatic heterocycles. The lowest BCUT2D eigenvalue weighted by Crippen LogP contribution is -2.21. The van der Waals surface area contributed by atoms with Gasteiger partial charge in [0.1, 0.15) is 5.75 Å². The van der Waals surface area contributed by atoms with Crippen LogP contribution in [-0.4, -0.2) is 22.7 Å². The minimum Gasteiger partial charge on any atom is -0.491 e. The Labute approximate surface area is 140 Å². The Kier molecular flexibility index (Phi) is 5.87. The lowest BCUT2D eigenvalue weighted by Gasteiger charge is -2.10. The number of aryl methyl sites for hydroxylation is 1. The fourth-order valence-corrected chi connectivity index (χ4v) is 2.56. The molecule has 0 saturated heterocycles. The number of nitrogens with zero attached hydrogens (tertiary/aromatic N) is 2. The van der Waals surface area contributed by atoms with Gasteiger partial charge in [-0.05, 0) is 57.5 Å². The standard InChI is InChI=1S/C17H21N3O2S/c1-11(2)22-16-7-5-14(6-8-16)12(3)19-20-17(21)9-15-10-23-13(4)18-15/h5-8,10-11H,9H2,1-4H3,(H,20,21)/b19-12-. The molecule has 0 saturated carbocycles. The van der Waals surface area contributed by atoms with Gasteiger partial charge < -0.3 is 4.74 Å². The van der Waals surface area contributed by atoms with Crippen molar-refractivity contribution in [1.82, 2.24) is 10.4 Å². The van der Waals surface area contributed by atoms with Crippen LogP contribution in [0.15, 0.2) is 34.7 Å². The number of hydrazone groups is 1. The van der Waals surface area contributed by atoms with Gasteiger partial charge in [0.2, 0.25) is 5.91 Å². The number of hydrogen-bond donors (Lipinski definition) is 1. The summed E-state index contributed by atoms with van der Waals surface area (Å²) in [7, 11) is 0. The van der Waals surface area contributed by atoms with E-state index in [9.17, 15) is 4.79 Å². The molecule has 0 bridgehead atoms. The number of nitrogens with one attached hydrogen (secondary N) is 1. The van der Waals surface area contributed by atoms with Gasteiger partial charge in [-0.1, -0.05) is 0 Å². The molecule has 1 aromatic heterocycles. The summed E-state index contributed by atoms with van der Waals surface area (Å²) in [5.41, 5.74) is 5.01. The molecular formula is C17H21N3O2S. The topological polar surface area (TPSA) is 63.6 Å². The van der Waals surface area contributed by atoms with Gasteiger partial charge in [-0.15, -0.1) is 11.3 Å². The zero-order valence-electron chi connectivity index (χ0n) is 13.8. The summed E-state index contributed by atoms with van der Waals surface area (Å²) in [4.78, 5) is 16.1. The lowest BCUT2D eigenvalue weighted by atomic mass is 10.1. The van der Waals surface area contributed by atoms with Crippen molar-refractivity contribution in [2.75, 3.05) is 0 Å². The summed E-state index contributed by atoms with van der Waals surface area (Å²) in [5.74, 6) is 0.647. The Morgan fingerprint density at radius 3 is 2.61 bits per heavy atom. The Morgan fingerprint density at radius 1 is 1.35 bits per heavy atom. The number of carbonyl (C=O) groups is 1. The van der Waals surface area contributed by atoms with Crippen LogP contribution in [0, 0.1) is 6.92 Å². The van der Waals surface area contributed by atoms with Crippen LogP contribution in [-0.2, 0) is 11.2 Å². The maximum absolute atomic E-state index is 11.9. The summed E-state index contributed by atoms with van der Waals surface area (Å²) in [6.07, 6.45) is 0.381. The molecule has 0 radical (unpaired) electrons. The van der Waals surface area contributed by atoms with Crippen LogP contribution in [0.4, 0.5) is 0 Å². The summed E-state index contributed by atoms with van der Waals surface area (Å²) in [5, 5.41) is 6.98. The highest BCUT2D eigenvalue weighted by Crippen LogP contribution is 2.14. The van der Waals surface area contributed by atoms with Gasteiger partial charge >= 0.3 is 0 Å². The molecule has 2 aromatic rings. The molecule has 0 spiro atoms. The number of thiazole rings is 1. The van der Waals surface area contributed by atoms with Crippen LogP contribution in [0.2, 0.25) is 0 Å². The average Bonchev–Trinajstić information content (AvgIpc) is 2.90. The minimum absolute atomic E-state index is 0.143. The third-order valence-electron chi connectivity index (χ3n) is 3.00. The van der Waals surface area contributed by atoms with Crippen molar-refractivity contribution in [3.63, 3.8) is 0 Å². The van der Waals surface area contributed by atoms with E-state index in [1.54, 1.807) is 0 Å². The first-order valence-corrected chi connectivity index (χ1v) is 8.33. The summed E-state index contributed by atoms with van der Waals surface area (Å²) < 4.78 is 5.60. The number of aromatic nitrogens is 1. The van der Waals surface area contributed by atoms with E-state index < -0.39 is 0 Å². The van der Waals surface area contributed by atoms with Gasteiger partial charge in [0.05, 0.1) is 28.9 Å². The molecule has 0 fully saturated rings. The second-order valence-corrected chi connectivity index (χ2v) is 6.52. The highest BCUT2D eigenvalue weighted by atomic mass is 32.1. The number of carbonyl (C=O) groups excluding carboxylic acids is 1. The largest absolute Gasteiger partial charge is 0.491 e. The van der Waals surface area contributed by atoms with Gasteiger partial charge in [0.15, 0.2) is 0 Å². The molecule has 0 unspecified atom stereocenters. The second-order valence-electron chi connectivity index (χ2n) is 5.46. The monoisotopic (exact) mass is 331 g/mol. The predicted molar refractivity (Wildman–Crippen MR) is 93.1 cm³/mol. The van der Waals surface area contributed by atoms with Gasteiger partial charge in [0, 0.05) is 5.38 Å². The van der Waals surface area contributed by atoms with Crippen molar-refractivity contribution in [3.05, 3.63) is 45.9 Å². The minimum atomic E-state index is -0.172. The van der Waals surface area contributed by atoms with Gasteiger partial charge in [-0.2, -0.15) is 5.10 Å². The smallest absolute Gasteiger partial charge is 0.246 e. The van der Waals surface area contributed by atoms with Crippen LogP contribution in [0.5, 0.6) is 5.75 Å². The molecule has 122 valence electrons. The van der Waals surface area contributed by atoms with Crippen molar-refractivity contribution < 1.29 is 9.53 Å². The van der Waals surface area contributed by atoms with Crippen LogP contribution in [0.3, 0.4) is 0 Å². The van der Waals surface area contributed by atoms with Gasteiger partial charge in [-0.3, -0.25) is 4.79 Å². The molecule has 2 rings (SSSR count). The van der Waals surface area contributed by atoms with E-state index in [1.807, 2.05) is 57.3 Å². The Hall–Kier alpha value is -2.21. The van der Waals surface area contributed by atoms with E-state index in [2.05, 4.69) is 15.5 Å². The average molecular weight is 331 g/mol. The first kappa shape index (κ1) is 17.1. The third-order valence-corrected chi connectivity index (χ3v) is 3.82. The number of ether oxygens (including phenoxy) is 1. The summed E-state index contributed by atoms with van der Waals surface area (Å²) >= 11 is 1.53. The first-order chi connectivity index (χ1) is 10.9. The van der Waals surface area contributed by atoms with Gasteiger partial charge in [-0.25, -0.2) is 10.4 Å². The van der Waals surface area contributed by atoms with Crippen molar-refractivity contribution in [2.45, 2.75) is 40.2 Å². The van der Waals surface area contributed by atoms with Crippen LogP contribution in [0.25, 0.3) is 0 Å². The summed E-state index contributed by atoms with van der Waals surface area (Å²) in [6, 6.07) is 7.64. The molecule has 1 aromatic carbocycles. The van der Waals surface area contributed by atoms with Crippen LogP contribution >= 0.6 is 11.3 Å². The fraction of sp³-hybridized carbons (Fsp3) is 0.353. The van der Waals surface area contributed by atoms with Crippen molar-refractivity contribution in [3.8, 4) is 5.75 Å². The molecule has 5 nitrogen and oxygen atoms in total. The third kappa shape index (κ3) is 5.49. The van der Waals surface area contributed by atoms with E-state index >= 15 is 0 Å². The number of amides is 1. The SMILES string of the molecule is C/C(=N/NC(=O)Cc1csc(C)n1)c1ccc(OC(C)C)cc1. The number of hydrogen-bond acceptors (Lipinski definition) is 5. The van der Waals surface area contributed by atoms with Gasteiger partial charge in [0.25, 0.3) is 0 Å². The molecular weight excluding hydrogens is 310 g/mol. The molecule has 6 heteroatoms. The normalized spacial score (nSPS) is 11.6. The van der Waals surface area contributed by atoms with Crippen molar-refractivity contribution >= 4 is 23.0 Å². The Balaban J connectivity index is 1.92. The molecule has 0 aliphatic carbocycles. The molecule has 1 amide bonds. The van der Waals surface area contributed by atoms with Crippen LogP contribution < -0.4 is 10.2 Å².